The smallest absolute Gasteiger partial charge is 0.293 e. The van der Waals surface area contributed by atoms with Crippen molar-refractivity contribution >= 4 is 58.1 Å². The Hall–Kier alpha value is -2.72. The molecule has 0 spiro atoms. The summed E-state index contributed by atoms with van der Waals surface area (Å²) >= 11 is 13.2. The predicted molar refractivity (Wildman–Crippen MR) is 134 cm³/mol. The van der Waals surface area contributed by atoms with Crippen LogP contribution in [0.25, 0.3) is 6.08 Å². The van der Waals surface area contributed by atoms with E-state index in [0.717, 1.165) is 16.7 Å². The van der Waals surface area contributed by atoms with Crippen molar-refractivity contribution in [2.45, 2.75) is 6.54 Å². The zero-order valence-corrected chi connectivity index (χ0v) is 21.1. The minimum Gasteiger partial charge on any atom is -0.493 e. The maximum atomic E-state index is 12.9. The van der Waals surface area contributed by atoms with E-state index in [1.54, 1.807) is 47.4 Å². The normalized spacial score (nSPS) is 17.3. The number of benzene rings is 2. The van der Waals surface area contributed by atoms with E-state index >= 15 is 0 Å². The predicted octanol–water partition coefficient (Wildman–Crippen LogP) is 4.48. The highest BCUT2D eigenvalue weighted by Gasteiger charge is 2.35. The topological polar surface area (TPSA) is 85.4 Å². The second-order valence-corrected chi connectivity index (χ2v) is 9.47. The van der Waals surface area contributed by atoms with E-state index in [-0.39, 0.29) is 24.0 Å². The molecule has 0 aliphatic carbocycles. The van der Waals surface area contributed by atoms with Gasteiger partial charge in [0.15, 0.2) is 18.1 Å². The van der Waals surface area contributed by atoms with Crippen LogP contribution in [0.5, 0.6) is 11.5 Å². The Balaban J connectivity index is 1.45. The van der Waals surface area contributed by atoms with Crippen LogP contribution in [-0.4, -0.2) is 66.9 Å². The fourth-order valence-corrected chi connectivity index (χ4v) is 4.92. The van der Waals surface area contributed by atoms with Gasteiger partial charge in [-0.15, -0.1) is 0 Å². The summed E-state index contributed by atoms with van der Waals surface area (Å²) in [6, 6.07) is 10.1. The van der Waals surface area contributed by atoms with E-state index < -0.39 is 11.1 Å². The first kappa shape index (κ1) is 25.4. The standard InChI is InChI=1S/C24H22Cl2N2O6S/c1-32-20-11-15(5-6-19(20)34-14-22(29)27-7-9-33-10-8-27)12-21-23(30)28(24(31)35-21)13-16-17(25)3-2-4-18(16)26/h2-6,11-12H,7-10,13-14H2,1H3/b21-12-. The highest BCUT2D eigenvalue weighted by molar-refractivity contribution is 8.18. The van der Waals surface area contributed by atoms with Crippen molar-refractivity contribution in [2.24, 2.45) is 0 Å². The Bertz CT molecular complexity index is 1160. The van der Waals surface area contributed by atoms with Gasteiger partial charge in [0.25, 0.3) is 17.1 Å². The first-order chi connectivity index (χ1) is 16.9. The number of halogens is 2. The maximum absolute atomic E-state index is 12.9. The van der Waals surface area contributed by atoms with Gasteiger partial charge in [-0.1, -0.05) is 35.3 Å². The molecule has 0 aromatic heterocycles. The summed E-state index contributed by atoms with van der Waals surface area (Å²) in [5.74, 6) is 0.224. The molecule has 0 radical (unpaired) electrons. The molecule has 0 saturated carbocycles. The number of amides is 3. The van der Waals surface area contributed by atoms with E-state index in [0.29, 0.717) is 59.0 Å². The minimum absolute atomic E-state index is 0.0201. The molecule has 2 aromatic rings. The molecule has 2 aliphatic heterocycles. The summed E-state index contributed by atoms with van der Waals surface area (Å²) in [6.07, 6.45) is 1.60. The van der Waals surface area contributed by atoms with Gasteiger partial charge < -0.3 is 19.1 Å². The van der Waals surface area contributed by atoms with Gasteiger partial charge in [-0.2, -0.15) is 0 Å². The van der Waals surface area contributed by atoms with E-state index in [1.807, 2.05) is 0 Å². The van der Waals surface area contributed by atoms with Gasteiger partial charge in [0, 0.05) is 28.7 Å². The second-order valence-electron chi connectivity index (χ2n) is 7.66. The van der Waals surface area contributed by atoms with Crippen LogP contribution in [0.3, 0.4) is 0 Å². The minimum atomic E-state index is -0.439. The molecule has 3 amide bonds. The van der Waals surface area contributed by atoms with Crippen LogP contribution in [-0.2, 0) is 20.9 Å². The Morgan fingerprint density at radius 1 is 1.11 bits per heavy atom. The number of rotatable bonds is 7. The van der Waals surface area contributed by atoms with Crippen LogP contribution in [0.2, 0.25) is 10.0 Å². The van der Waals surface area contributed by atoms with Crippen molar-refractivity contribution in [3.63, 3.8) is 0 Å². The summed E-state index contributed by atoms with van der Waals surface area (Å²) in [7, 11) is 1.48. The van der Waals surface area contributed by atoms with Crippen molar-refractivity contribution in [3.8, 4) is 11.5 Å². The lowest BCUT2D eigenvalue weighted by molar-refractivity contribution is -0.137. The van der Waals surface area contributed by atoms with Crippen LogP contribution >= 0.6 is 35.0 Å². The third-order valence-electron chi connectivity index (χ3n) is 5.45. The molecule has 0 unspecified atom stereocenters. The maximum Gasteiger partial charge on any atom is 0.293 e. The number of imide groups is 1. The third kappa shape index (κ3) is 5.92. The molecule has 0 atom stereocenters. The van der Waals surface area contributed by atoms with Gasteiger partial charge in [0.05, 0.1) is 31.8 Å². The largest absolute Gasteiger partial charge is 0.493 e. The fourth-order valence-electron chi connectivity index (χ4n) is 3.57. The monoisotopic (exact) mass is 536 g/mol. The molecule has 8 nitrogen and oxygen atoms in total. The summed E-state index contributed by atoms with van der Waals surface area (Å²) in [5, 5.41) is 0.353. The Kier molecular flexibility index (Phi) is 8.22. The quantitative estimate of drug-likeness (QED) is 0.482. The van der Waals surface area contributed by atoms with E-state index in [2.05, 4.69) is 0 Å². The molecule has 2 heterocycles. The van der Waals surface area contributed by atoms with Gasteiger partial charge in [0.2, 0.25) is 0 Å². The Labute approximate surface area is 216 Å². The lowest BCUT2D eigenvalue weighted by Gasteiger charge is -2.26. The van der Waals surface area contributed by atoms with E-state index in [4.69, 9.17) is 37.4 Å². The molecule has 2 aliphatic rings. The van der Waals surface area contributed by atoms with Crippen molar-refractivity contribution in [1.29, 1.82) is 0 Å². The average Bonchev–Trinajstić information content (AvgIpc) is 3.12. The summed E-state index contributed by atoms with van der Waals surface area (Å²) in [6.45, 7) is 1.96. The lowest BCUT2D eigenvalue weighted by Crippen LogP contribution is -2.43. The van der Waals surface area contributed by atoms with Gasteiger partial charge in [0.1, 0.15) is 0 Å². The highest BCUT2D eigenvalue weighted by Crippen LogP contribution is 2.37. The van der Waals surface area contributed by atoms with Crippen LogP contribution in [0.4, 0.5) is 4.79 Å². The number of carbonyl (C=O) groups excluding carboxylic acids is 3. The zero-order chi connectivity index (χ0) is 24.9. The number of ether oxygens (including phenoxy) is 3. The summed E-state index contributed by atoms with van der Waals surface area (Å²) < 4.78 is 16.3. The molecular weight excluding hydrogens is 515 g/mol. The van der Waals surface area contributed by atoms with Crippen LogP contribution < -0.4 is 9.47 Å². The second kappa shape index (κ2) is 11.3. The number of hydrogen-bond donors (Lipinski definition) is 0. The molecule has 2 aromatic carbocycles. The number of hydrogen-bond acceptors (Lipinski definition) is 7. The Morgan fingerprint density at radius 2 is 1.83 bits per heavy atom. The molecule has 4 rings (SSSR count). The first-order valence-electron chi connectivity index (χ1n) is 10.7. The van der Waals surface area contributed by atoms with Crippen LogP contribution in [0.15, 0.2) is 41.3 Å². The average molecular weight is 537 g/mol. The van der Waals surface area contributed by atoms with E-state index in [9.17, 15) is 14.4 Å². The summed E-state index contributed by atoms with van der Waals surface area (Å²) in [4.78, 5) is 40.8. The van der Waals surface area contributed by atoms with Gasteiger partial charge >= 0.3 is 0 Å². The molecule has 0 N–H and O–H groups in total. The molecule has 184 valence electrons. The molecule has 11 heteroatoms. The van der Waals surface area contributed by atoms with Crippen molar-refractivity contribution < 1.29 is 28.6 Å². The van der Waals surface area contributed by atoms with Crippen molar-refractivity contribution in [3.05, 3.63) is 62.5 Å². The van der Waals surface area contributed by atoms with Crippen LogP contribution in [0, 0.1) is 0 Å². The molecule has 0 bridgehead atoms. The third-order valence-corrected chi connectivity index (χ3v) is 7.07. The zero-order valence-electron chi connectivity index (χ0n) is 18.8. The molecular formula is C24H22Cl2N2O6S. The van der Waals surface area contributed by atoms with Crippen molar-refractivity contribution in [2.75, 3.05) is 40.0 Å². The first-order valence-corrected chi connectivity index (χ1v) is 12.3. The fraction of sp³-hybridized carbons (Fsp3) is 0.292. The number of methoxy groups -OCH3 is 1. The van der Waals surface area contributed by atoms with Crippen LogP contribution in [0.1, 0.15) is 11.1 Å². The number of carbonyl (C=O) groups is 3. The summed E-state index contributed by atoms with van der Waals surface area (Å²) in [5.41, 5.74) is 1.14. The number of morpholine rings is 1. The van der Waals surface area contributed by atoms with Gasteiger partial charge in [-0.05, 0) is 47.7 Å². The SMILES string of the molecule is COc1cc(/C=C2\SC(=O)N(Cc3c(Cl)cccc3Cl)C2=O)ccc1OCC(=O)N1CCOCC1. The number of nitrogens with zero attached hydrogens (tertiary/aromatic N) is 2. The van der Waals surface area contributed by atoms with E-state index in [1.165, 1.54) is 7.11 Å². The molecule has 2 saturated heterocycles. The Morgan fingerprint density at radius 3 is 2.51 bits per heavy atom. The van der Waals surface area contributed by atoms with Crippen molar-refractivity contribution in [1.82, 2.24) is 9.80 Å². The lowest BCUT2D eigenvalue weighted by atomic mass is 10.1. The van der Waals surface area contributed by atoms with Gasteiger partial charge in [-0.3, -0.25) is 19.3 Å². The molecule has 35 heavy (non-hydrogen) atoms. The number of thioether (sulfide) groups is 1. The van der Waals surface area contributed by atoms with Gasteiger partial charge in [-0.25, -0.2) is 0 Å². The molecule has 2 fully saturated rings. The highest BCUT2D eigenvalue weighted by atomic mass is 35.5.